The minimum atomic E-state index is -0.163. The van der Waals surface area contributed by atoms with Gasteiger partial charge in [-0.15, -0.1) is 23.1 Å². The molecule has 0 N–H and O–H groups in total. The Balaban J connectivity index is 1.70. The van der Waals surface area contributed by atoms with Crippen LogP contribution < -0.4 is 5.43 Å². The number of rotatable bonds is 2. The summed E-state index contributed by atoms with van der Waals surface area (Å²) < 4.78 is 2.15. The van der Waals surface area contributed by atoms with E-state index in [1.807, 2.05) is 29.7 Å². The summed E-state index contributed by atoms with van der Waals surface area (Å²) in [7, 11) is 2.07. The molecule has 0 radical (unpaired) electrons. The van der Waals surface area contributed by atoms with Crippen molar-refractivity contribution in [1.29, 1.82) is 0 Å². The van der Waals surface area contributed by atoms with Crippen molar-refractivity contribution in [2.75, 3.05) is 33.2 Å². The molecule has 2 aromatic heterocycles. The first-order chi connectivity index (χ1) is 15.4. The van der Waals surface area contributed by atoms with Gasteiger partial charge in [-0.25, -0.2) is 0 Å². The standard InChI is InChI=1S/C25H27N3O2S2/c1-16-8-13-31-24(16)22-15-19-23(25(30)27-11-9-26(3)10-12-27)20(29)14-17(2)28(19)18-6-4-5-7-21(18)32-22/h4-8,13-14,22H,9-12,15H2,1-3H3/t22-/m1/s1. The van der Waals surface area contributed by atoms with E-state index in [2.05, 4.69) is 53.1 Å². The van der Waals surface area contributed by atoms with Crippen LogP contribution in [0, 0.1) is 13.8 Å². The second-order valence-electron chi connectivity index (χ2n) is 8.65. The maximum Gasteiger partial charge on any atom is 0.259 e. The first kappa shape index (κ1) is 21.5. The Hall–Kier alpha value is -2.35. The van der Waals surface area contributed by atoms with Crippen molar-refractivity contribution in [1.82, 2.24) is 14.4 Å². The fourth-order valence-electron chi connectivity index (χ4n) is 4.69. The van der Waals surface area contributed by atoms with Crippen LogP contribution >= 0.6 is 23.1 Å². The molecule has 0 aliphatic carbocycles. The Labute approximate surface area is 196 Å². The smallest absolute Gasteiger partial charge is 0.259 e. The number of thiophene rings is 1. The summed E-state index contributed by atoms with van der Waals surface area (Å²) in [6.45, 7) is 7.07. The Morgan fingerprint density at radius 1 is 1.06 bits per heavy atom. The molecule has 5 nitrogen and oxygen atoms in total. The molecule has 1 saturated heterocycles. The van der Waals surface area contributed by atoms with E-state index in [-0.39, 0.29) is 16.6 Å². The van der Waals surface area contributed by atoms with Crippen molar-refractivity contribution in [3.63, 3.8) is 0 Å². The van der Waals surface area contributed by atoms with Gasteiger partial charge in [-0.1, -0.05) is 12.1 Å². The van der Waals surface area contributed by atoms with Crippen LogP contribution in [0.4, 0.5) is 0 Å². The van der Waals surface area contributed by atoms with Gasteiger partial charge in [-0.2, -0.15) is 0 Å². The highest BCUT2D eigenvalue weighted by atomic mass is 32.2. The molecule has 1 aromatic carbocycles. The van der Waals surface area contributed by atoms with Crippen LogP contribution in [-0.2, 0) is 6.42 Å². The number of thioether (sulfide) groups is 1. The summed E-state index contributed by atoms with van der Waals surface area (Å²) >= 11 is 3.59. The van der Waals surface area contributed by atoms with Gasteiger partial charge in [0, 0.05) is 65.1 Å². The SMILES string of the molecule is Cc1ccsc1[C@H]1Cc2c(C(=O)N3CCN(C)CC3)c(=O)cc(C)n2-c2ccccc2S1. The molecule has 4 heterocycles. The zero-order valence-corrected chi connectivity index (χ0v) is 20.3. The highest BCUT2D eigenvalue weighted by molar-refractivity contribution is 7.99. The number of nitrogens with zero attached hydrogens (tertiary/aromatic N) is 3. The Morgan fingerprint density at radius 2 is 1.81 bits per heavy atom. The number of fused-ring (bicyclic) bond motifs is 3. The molecule has 32 heavy (non-hydrogen) atoms. The number of carbonyl (C=O) groups excluding carboxylic acids is 1. The van der Waals surface area contributed by atoms with Crippen LogP contribution in [0.1, 0.15) is 37.4 Å². The molecule has 0 bridgehead atoms. The molecule has 1 amide bonds. The van der Waals surface area contributed by atoms with E-state index < -0.39 is 0 Å². The van der Waals surface area contributed by atoms with Crippen molar-refractivity contribution in [2.24, 2.45) is 0 Å². The molecular formula is C25H27N3O2S2. The summed E-state index contributed by atoms with van der Waals surface area (Å²) in [4.78, 5) is 33.5. The summed E-state index contributed by atoms with van der Waals surface area (Å²) in [5.41, 5.74) is 4.21. The average Bonchev–Trinajstić information content (AvgIpc) is 3.12. The molecule has 1 atom stereocenters. The number of aromatic nitrogens is 1. The topological polar surface area (TPSA) is 45.6 Å². The molecule has 3 aromatic rings. The lowest BCUT2D eigenvalue weighted by atomic mass is 10.0. The van der Waals surface area contributed by atoms with Gasteiger partial charge in [0.05, 0.1) is 5.69 Å². The lowest BCUT2D eigenvalue weighted by molar-refractivity contribution is 0.0661. The zero-order chi connectivity index (χ0) is 22.4. The minimum absolute atomic E-state index is 0.127. The van der Waals surface area contributed by atoms with Gasteiger partial charge in [0.1, 0.15) is 5.56 Å². The second kappa shape index (κ2) is 8.54. The molecule has 0 unspecified atom stereocenters. The van der Waals surface area contributed by atoms with Crippen molar-refractivity contribution in [3.8, 4) is 5.69 Å². The number of piperazine rings is 1. The number of likely N-dealkylation sites (N-methyl/N-ethyl adjacent to an activating group) is 1. The van der Waals surface area contributed by atoms with Crippen LogP contribution in [0.3, 0.4) is 0 Å². The van der Waals surface area contributed by atoms with Crippen LogP contribution in [0.25, 0.3) is 5.69 Å². The number of amides is 1. The van der Waals surface area contributed by atoms with Crippen LogP contribution in [-0.4, -0.2) is 53.5 Å². The number of benzene rings is 1. The lowest BCUT2D eigenvalue weighted by Crippen LogP contribution is -2.48. The van der Waals surface area contributed by atoms with Gasteiger partial charge >= 0.3 is 0 Å². The van der Waals surface area contributed by atoms with Crippen molar-refractivity contribution >= 4 is 29.0 Å². The summed E-state index contributed by atoms with van der Waals surface area (Å²) in [5.74, 6) is -0.127. The van der Waals surface area contributed by atoms with E-state index in [1.165, 1.54) is 15.3 Å². The monoisotopic (exact) mass is 465 g/mol. The normalized spacial score (nSPS) is 18.7. The van der Waals surface area contributed by atoms with Gasteiger partial charge in [0.15, 0.2) is 5.43 Å². The predicted octanol–water partition coefficient (Wildman–Crippen LogP) is 4.29. The number of para-hydroxylation sites is 1. The first-order valence-corrected chi connectivity index (χ1v) is 12.7. The number of carbonyl (C=O) groups is 1. The highest BCUT2D eigenvalue weighted by Gasteiger charge is 2.32. The van der Waals surface area contributed by atoms with Gasteiger partial charge in [-0.05, 0) is 50.0 Å². The van der Waals surface area contributed by atoms with Crippen molar-refractivity contribution in [2.45, 2.75) is 30.4 Å². The maximum absolute atomic E-state index is 13.7. The molecule has 1 fully saturated rings. The highest BCUT2D eigenvalue weighted by Crippen LogP contribution is 2.46. The largest absolute Gasteiger partial charge is 0.336 e. The molecule has 0 spiro atoms. The molecule has 0 saturated carbocycles. The summed E-state index contributed by atoms with van der Waals surface area (Å²) in [6, 6.07) is 12.1. The second-order valence-corrected chi connectivity index (χ2v) is 10.8. The Bertz CT molecular complexity index is 1240. The van der Waals surface area contributed by atoms with Gasteiger partial charge in [-0.3, -0.25) is 9.59 Å². The van der Waals surface area contributed by atoms with Crippen LogP contribution in [0.5, 0.6) is 0 Å². The third-order valence-corrected chi connectivity index (χ3v) is 9.02. The molecular weight excluding hydrogens is 438 g/mol. The molecule has 5 rings (SSSR count). The van der Waals surface area contributed by atoms with Gasteiger partial charge in [0.2, 0.25) is 0 Å². The molecule has 166 valence electrons. The lowest BCUT2D eigenvalue weighted by Gasteiger charge is -2.33. The Morgan fingerprint density at radius 3 is 2.53 bits per heavy atom. The van der Waals surface area contributed by atoms with Crippen LogP contribution in [0.2, 0.25) is 0 Å². The van der Waals surface area contributed by atoms with Crippen molar-refractivity contribution < 1.29 is 4.79 Å². The fraction of sp³-hybridized carbons (Fsp3) is 0.360. The number of hydrogen-bond acceptors (Lipinski definition) is 5. The van der Waals surface area contributed by atoms with E-state index in [0.29, 0.717) is 25.1 Å². The van der Waals surface area contributed by atoms with Crippen LogP contribution in [0.15, 0.2) is 51.5 Å². The third kappa shape index (κ3) is 3.72. The summed E-state index contributed by atoms with van der Waals surface area (Å²) in [5, 5.41) is 2.28. The third-order valence-electron chi connectivity index (χ3n) is 6.45. The number of hydrogen-bond donors (Lipinski definition) is 0. The molecule has 2 aliphatic heterocycles. The van der Waals surface area contributed by atoms with Crippen molar-refractivity contribution in [3.05, 3.63) is 79.4 Å². The minimum Gasteiger partial charge on any atom is -0.336 e. The van der Waals surface area contributed by atoms with Gasteiger partial charge in [0.25, 0.3) is 5.91 Å². The average molecular weight is 466 g/mol. The molecule has 2 aliphatic rings. The quantitative estimate of drug-likeness (QED) is 0.566. The first-order valence-electron chi connectivity index (χ1n) is 11.0. The Kier molecular flexibility index (Phi) is 5.73. The van der Waals surface area contributed by atoms with Gasteiger partial charge < -0.3 is 14.4 Å². The van der Waals surface area contributed by atoms with E-state index in [0.717, 1.165) is 30.2 Å². The van der Waals surface area contributed by atoms with E-state index in [4.69, 9.17) is 0 Å². The molecule has 7 heteroatoms. The van der Waals surface area contributed by atoms with E-state index >= 15 is 0 Å². The number of aryl methyl sites for hydroxylation is 2. The predicted molar refractivity (Wildman–Crippen MR) is 132 cm³/mol. The number of pyridine rings is 1. The summed E-state index contributed by atoms with van der Waals surface area (Å²) in [6.07, 6.45) is 0.645. The maximum atomic E-state index is 13.7. The fourth-order valence-corrected chi connectivity index (χ4v) is 7.19. The van der Waals surface area contributed by atoms with E-state index in [9.17, 15) is 9.59 Å². The van der Waals surface area contributed by atoms with E-state index in [1.54, 1.807) is 17.4 Å². The zero-order valence-electron chi connectivity index (χ0n) is 18.6.